The Morgan fingerprint density at radius 2 is 2.11 bits per heavy atom. The van der Waals surface area contributed by atoms with Gasteiger partial charge < -0.3 is 16.2 Å². The first kappa shape index (κ1) is 14.5. The summed E-state index contributed by atoms with van der Waals surface area (Å²) in [6, 6.07) is -0.00108. The summed E-state index contributed by atoms with van der Waals surface area (Å²) in [4.78, 5) is 12.0. The molecular weight excluding hydrogens is 240 g/mol. The first-order valence-corrected chi connectivity index (χ1v) is 7.46. The van der Waals surface area contributed by atoms with E-state index in [1.165, 1.54) is 6.42 Å². The first-order chi connectivity index (χ1) is 9.02. The van der Waals surface area contributed by atoms with Crippen LogP contribution in [0.3, 0.4) is 0 Å². The summed E-state index contributed by atoms with van der Waals surface area (Å²) in [6.07, 6.45) is 9.35. The fraction of sp³-hybridized carbons (Fsp3) is 0.800. The molecule has 4 nitrogen and oxygen atoms in total. The van der Waals surface area contributed by atoms with Crippen LogP contribution in [0.4, 0.5) is 0 Å². The highest BCUT2D eigenvalue weighted by Gasteiger charge is 2.33. The van der Waals surface area contributed by atoms with Crippen molar-refractivity contribution in [1.29, 1.82) is 0 Å². The lowest BCUT2D eigenvalue weighted by atomic mass is 9.78. The van der Waals surface area contributed by atoms with E-state index in [0.29, 0.717) is 13.0 Å². The topological polar surface area (TPSA) is 75.3 Å². The van der Waals surface area contributed by atoms with Gasteiger partial charge in [0.05, 0.1) is 11.5 Å². The van der Waals surface area contributed by atoms with Crippen LogP contribution in [0.2, 0.25) is 0 Å². The van der Waals surface area contributed by atoms with Crippen molar-refractivity contribution in [1.82, 2.24) is 5.32 Å². The van der Waals surface area contributed by atoms with E-state index in [1.54, 1.807) is 0 Å². The van der Waals surface area contributed by atoms with Crippen molar-refractivity contribution in [3.05, 3.63) is 12.2 Å². The minimum Gasteiger partial charge on any atom is -0.388 e. The Balaban J connectivity index is 1.76. The molecule has 0 saturated heterocycles. The molecule has 1 amide bonds. The Kier molecular flexibility index (Phi) is 4.63. The van der Waals surface area contributed by atoms with Crippen LogP contribution >= 0.6 is 0 Å². The monoisotopic (exact) mass is 266 g/mol. The number of carbonyl (C=O) groups is 1. The van der Waals surface area contributed by atoms with E-state index in [0.717, 1.165) is 31.6 Å². The molecule has 0 radical (unpaired) electrons. The minimum atomic E-state index is -0.703. The molecule has 1 saturated carbocycles. The summed E-state index contributed by atoms with van der Waals surface area (Å²) in [6.45, 7) is 2.58. The zero-order valence-corrected chi connectivity index (χ0v) is 11.8. The quantitative estimate of drug-likeness (QED) is 0.672. The Morgan fingerprint density at radius 3 is 2.63 bits per heavy atom. The zero-order valence-electron chi connectivity index (χ0n) is 11.8. The lowest BCUT2D eigenvalue weighted by Gasteiger charge is -2.36. The smallest absolute Gasteiger partial charge is 0.227 e. The maximum absolute atomic E-state index is 12.0. The lowest BCUT2D eigenvalue weighted by molar-refractivity contribution is -0.125. The molecular formula is C15H26N2O2. The van der Waals surface area contributed by atoms with Crippen LogP contribution in [0.1, 0.15) is 45.4 Å². The van der Waals surface area contributed by atoms with Gasteiger partial charge in [0.2, 0.25) is 5.91 Å². The fourth-order valence-corrected chi connectivity index (χ4v) is 3.10. The van der Waals surface area contributed by atoms with E-state index in [9.17, 15) is 9.90 Å². The molecule has 108 valence electrons. The van der Waals surface area contributed by atoms with Crippen molar-refractivity contribution in [3.8, 4) is 0 Å². The summed E-state index contributed by atoms with van der Waals surface area (Å²) >= 11 is 0. The standard InChI is InChI=1S/C15H26N2O2/c1-2-11-5-7-15(19,8-6-11)10-17-14(18)12-3-4-13(16)9-12/h3-4,11-13,19H,2,5-10,16H2,1H3,(H,17,18). The molecule has 2 rings (SSSR count). The number of aliphatic hydroxyl groups is 1. The predicted octanol–water partition coefficient (Wildman–Crippen LogP) is 1.34. The largest absolute Gasteiger partial charge is 0.388 e. The average Bonchev–Trinajstić information content (AvgIpc) is 2.84. The second kappa shape index (κ2) is 6.06. The first-order valence-electron chi connectivity index (χ1n) is 7.46. The van der Waals surface area contributed by atoms with Crippen LogP contribution in [-0.2, 0) is 4.79 Å². The van der Waals surface area contributed by atoms with Gasteiger partial charge in [0.15, 0.2) is 0 Å². The molecule has 0 aromatic carbocycles. The van der Waals surface area contributed by atoms with Crippen molar-refractivity contribution >= 4 is 5.91 Å². The maximum atomic E-state index is 12.0. The van der Waals surface area contributed by atoms with Crippen molar-refractivity contribution in [2.24, 2.45) is 17.6 Å². The van der Waals surface area contributed by atoms with Gasteiger partial charge in [-0.15, -0.1) is 0 Å². The second-order valence-corrected chi connectivity index (χ2v) is 6.18. The van der Waals surface area contributed by atoms with Gasteiger partial charge >= 0.3 is 0 Å². The highest BCUT2D eigenvalue weighted by molar-refractivity contribution is 5.81. The van der Waals surface area contributed by atoms with Gasteiger partial charge in [-0.2, -0.15) is 0 Å². The third-order valence-corrected chi connectivity index (χ3v) is 4.66. The molecule has 2 atom stereocenters. The maximum Gasteiger partial charge on any atom is 0.227 e. The normalized spacial score (nSPS) is 38.4. The average molecular weight is 266 g/mol. The molecule has 0 heterocycles. The van der Waals surface area contributed by atoms with Gasteiger partial charge in [-0.1, -0.05) is 25.5 Å². The number of nitrogens with two attached hydrogens (primary N) is 1. The Morgan fingerprint density at radius 1 is 1.42 bits per heavy atom. The number of hydrogen-bond donors (Lipinski definition) is 3. The van der Waals surface area contributed by atoms with Gasteiger partial charge in [0.25, 0.3) is 0 Å². The second-order valence-electron chi connectivity index (χ2n) is 6.18. The molecule has 2 aliphatic carbocycles. The van der Waals surface area contributed by atoms with Crippen molar-refractivity contribution in [2.75, 3.05) is 6.54 Å². The van der Waals surface area contributed by atoms with Gasteiger partial charge in [-0.3, -0.25) is 4.79 Å². The highest BCUT2D eigenvalue weighted by Crippen LogP contribution is 2.33. The van der Waals surface area contributed by atoms with Gasteiger partial charge in [0.1, 0.15) is 0 Å². The third kappa shape index (κ3) is 3.80. The van der Waals surface area contributed by atoms with Crippen LogP contribution in [-0.4, -0.2) is 29.2 Å². The Bertz CT molecular complexity index is 346. The lowest BCUT2D eigenvalue weighted by Crippen LogP contribution is -2.46. The molecule has 1 fully saturated rings. The van der Waals surface area contributed by atoms with Crippen LogP contribution < -0.4 is 11.1 Å². The highest BCUT2D eigenvalue weighted by atomic mass is 16.3. The molecule has 0 spiro atoms. The summed E-state index contributed by atoms with van der Waals surface area (Å²) in [5.74, 6) is 0.618. The van der Waals surface area contributed by atoms with E-state index in [2.05, 4.69) is 12.2 Å². The van der Waals surface area contributed by atoms with E-state index in [-0.39, 0.29) is 17.9 Å². The van der Waals surface area contributed by atoms with Crippen molar-refractivity contribution in [3.63, 3.8) is 0 Å². The summed E-state index contributed by atoms with van der Waals surface area (Å²) in [7, 11) is 0. The molecule has 0 aliphatic heterocycles. The Hall–Kier alpha value is -0.870. The number of carbonyl (C=O) groups excluding carboxylic acids is 1. The van der Waals surface area contributed by atoms with E-state index in [1.807, 2.05) is 12.2 Å². The molecule has 19 heavy (non-hydrogen) atoms. The fourth-order valence-electron chi connectivity index (χ4n) is 3.10. The van der Waals surface area contributed by atoms with Gasteiger partial charge in [-0.05, 0) is 38.0 Å². The van der Waals surface area contributed by atoms with Crippen molar-refractivity contribution < 1.29 is 9.90 Å². The van der Waals surface area contributed by atoms with Crippen LogP contribution in [0.15, 0.2) is 12.2 Å². The number of hydrogen-bond acceptors (Lipinski definition) is 3. The summed E-state index contributed by atoms with van der Waals surface area (Å²) < 4.78 is 0. The molecule has 0 aromatic heterocycles. The number of rotatable bonds is 4. The minimum absolute atomic E-state index is 0.00108. The van der Waals surface area contributed by atoms with E-state index >= 15 is 0 Å². The molecule has 0 aromatic rings. The molecule has 2 aliphatic rings. The molecule has 4 N–H and O–H groups in total. The van der Waals surface area contributed by atoms with Crippen molar-refractivity contribution in [2.45, 2.75) is 57.1 Å². The summed E-state index contributed by atoms with van der Waals surface area (Å²) in [5.41, 5.74) is 5.04. The van der Waals surface area contributed by atoms with E-state index in [4.69, 9.17) is 5.73 Å². The SMILES string of the molecule is CCC1CCC(O)(CNC(=O)C2C=CC(N)C2)CC1. The van der Waals surface area contributed by atoms with E-state index < -0.39 is 5.60 Å². The van der Waals surface area contributed by atoms with Gasteiger partial charge in [-0.25, -0.2) is 0 Å². The summed E-state index contributed by atoms with van der Waals surface area (Å²) in [5, 5.41) is 13.4. The van der Waals surface area contributed by atoms with Gasteiger partial charge in [0, 0.05) is 12.6 Å². The number of nitrogens with one attached hydrogen (secondary N) is 1. The Labute approximate surface area is 115 Å². The zero-order chi connectivity index (χ0) is 13.9. The third-order valence-electron chi connectivity index (χ3n) is 4.66. The molecule has 2 unspecified atom stereocenters. The molecule has 4 heteroatoms. The van der Waals surface area contributed by atoms with Crippen LogP contribution in [0.5, 0.6) is 0 Å². The van der Waals surface area contributed by atoms with Crippen LogP contribution in [0, 0.1) is 11.8 Å². The molecule has 0 bridgehead atoms. The number of amides is 1. The predicted molar refractivity (Wildman–Crippen MR) is 75.4 cm³/mol. The van der Waals surface area contributed by atoms with Crippen LogP contribution in [0.25, 0.3) is 0 Å².